The highest BCUT2D eigenvalue weighted by atomic mass is 19.1. The van der Waals surface area contributed by atoms with E-state index in [0.29, 0.717) is 5.56 Å². The molecular weight excluding hydrogens is 247 g/mol. The lowest BCUT2D eigenvalue weighted by molar-refractivity contribution is -0.142. The molecule has 1 unspecified atom stereocenters. The van der Waals surface area contributed by atoms with Crippen molar-refractivity contribution in [2.75, 3.05) is 25.1 Å². The molecule has 0 bridgehead atoms. The zero-order valence-electron chi connectivity index (χ0n) is 11.1. The predicted octanol–water partition coefficient (Wildman–Crippen LogP) is 1.47. The summed E-state index contributed by atoms with van der Waals surface area (Å²) in [6.07, 6.45) is 2.45. The van der Waals surface area contributed by atoms with E-state index in [1.165, 1.54) is 13.2 Å². The van der Waals surface area contributed by atoms with E-state index in [9.17, 15) is 9.18 Å². The fraction of sp³-hybridized carbons (Fsp3) is 0.500. The first-order valence-corrected chi connectivity index (χ1v) is 6.48. The SMILES string of the molecule is COC(=O)C(N)Cc1ccc(N2CCCC2)cc1F. The molecule has 1 aromatic carbocycles. The number of halogens is 1. The van der Waals surface area contributed by atoms with Gasteiger partial charge in [-0.25, -0.2) is 4.39 Å². The number of nitrogens with two attached hydrogens (primary N) is 1. The summed E-state index contributed by atoms with van der Waals surface area (Å²) < 4.78 is 18.5. The largest absolute Gasteiger partial charge is 0.468 e. The molecular formula is C14H19FN2O2. The molecule has 2 rings (SSSR count). The highest BCUT2D eigenvalue weighted by molar-refractivity contribution is 5.75. The van der Waals surface area contributed by atoms with Crippen LogP contribution in [-0.2, 0) is 16.0 Å². The van der Waals surface area contributed by atoms with Gasteiger partial charge in [0.2, 0.25) is 0 Å². The van der Waals surface area contributed by atoms with Crippen LogP contribution < -0.4 is 10.6 Å². The van der Waals surface area contributed by atoms with Gasteiger partial charge < -0.3 is 15.4 Å². The Hall–Kier alpha value is -1.62. The molecule has 0 radical (unpaired) electrons. The lowest BCUT2D eigenvalue weighted by atomic mass is 10.1. The molecule has 19 heavy (non-hydrogen) atoms. The molecule has 1 saturated heterocycles. The van der Waals surface area contributed by atoms with Crippen LogP contribution in [0, 0.1) is 5.82 Å². The van der Waals surface area contributed by atoms with Crippen molar-refractivity contribution in [3.63, 3.8) is 0 Å². The highest BCUT2D eigenvalue weighted by Crippen LogP contribution is 2.23. The second kappa shape index (κ2) is 6.02. The van der Waals surface area contributed by atoms with Crippen molar-refractivity contribution in [3.8, 4) is 0 Å². The van der Waals surface area contributed by atoms with Crippen LogP contribution in [0.4, 0.5) is 10.1 Å². The first-order valence-electron chi connectivity index (χ1n) is 6.48. The number of nitrogens with zero attached hydrogens (tertiary/aromatic N) is 1. The van der Waals surface area contributed by atoms with Crippen molar-refractivity contribution in [1.82, 2.24) is 0 Å². The first kappa shape index (κ1) is 13.8. The molecule has 5 heteroatoms. The normalized spacial score (nSPS) is 16.5. The van der Waals surface area contributed by atoms with E-state index in [1.54, 1.807) is 6.07 Å². The summed E-state index contributed by atoms with van der Waals surface area (Å²) >= 11 is 0. The molecule has 0 spiro atoms. The smallest absolute Gasteiger partial charge is 0.322 e. The molecule has 104 valence electrons. The van der Waals surface area contributed by atoms with Gasteiger partial charge in [0.25, 0.3) is 0 Å². The van der Waals surface area contributed by atoms with Gasteiger partial charge in [-0.3, -0.25) is 4.79 Å². The summed E-state index contributed by atoms with van der Waals surface area (Å²) in [5.41, 5.74) is 6.98. The van der Waals surface area contributed by atoms with Gasteiger partial charge in [0.15, 0.2) is 0 Å². The minimum atomic E-state index is -0.822. The topological polar surface area (TPSA) is 55.6 Å². The number of ether oxygens (including phenoxy) is 1. The Balaban J connectivity index is 2.08. The number of benzene rings is 1. The molecule has 0 amide bonds. The van der Waals surface area contributed by atoms with Crippen LogP contribution in [0.2, 0.25) is 0 Å². The summed E-state index contributed by atoms with van der Waals surface area (Å²) in [6.45, 7) is 1.95. The maximum Gasteiger partial charge on any atom is 0.322 e. The van der Waals surface area contributed by atoms with E-state index in [0.717, 1.165) is 31.6 Å². The molecule has 1 aromatic rings. The number of hydrogen-bond acceptors (Lipinski definition) is 4. The third-order valence-electron chi connectivity index (χ3n) is 3.45. The Labute approximate surface area is 112 Å². The van der Waals surface area contributed by atoms with Crippen LogP contribution in [0.3, 0.4) is 0 Å². The van der Waals surface area contributed by atoms with Crippen LogP contribution in [0.1, 0.15) is 18.4 Å². The number of carbonyl (C=O) groups excluding carboxylic acids is 1. The Morgan fingerprint density at radius 3 is 2.74 bits per heavy atom. The molecule has 1 aliphatic rings. The van der Waals surface area contributed by atoms with Gasteiger partial charge in [-0.15, -0.1) is 0 Å². The maximum absolute atomic E-state index is 14.0. The molecule has 1 atom stereocenters. The fourth-order valence-electron chi connectivity index (χ4n) is 2.35. The van der Waals surface area contributed by atoms with E-state index in [-0.39, 0.29) is 12.2 Å². The van der Waals surface area contributed by atoms with Crippen molar-refractivity contribution in [3.05, 3.63) is 29.6 Å². The highest BCUT2D eigenvalue weighted by Gasteiger charge is 2.18. The summed E-state index contributed by atoms with van der Waals surface area (Å²) in [6, 6.07) is 4.28. The number of anilines is 1. The van der Waals surface area contributed by atoms with Gasteiger partial charge in [0.05, 0.1) is 7.11 Å². The van der Waals surface area contributed by atoms with E-state index >= 15 is 0 Å². The lowest BCUT2D eigenvalue weighted by Gasteiger charge is -2.18. The van der Waals surface area contributed by atoms with E-state index in [4.69, 9.17) is 5.73 Å². The van der Waals surface area contributed by atoms with Gasteiger partial charge in [-0.05, 0) is 30.5 Å². The van der Waals surface area contributed by atoms with Gasteiger partial charge >= 0.3 is 5.97 Å². The second-order valence-corrected chi connectivity index (χ2v) is 4.80. The van der Waals surface area contributed by atoms with Crippen molar-refractivity contribution >= 4 is 11.7 Å². The molecule has 1 heterocycles. The fourth-order valence-corrected chi connectivity index (χ4v) is 2.35. The number of carbonyl (C=O) groups is 1. The summed E-state index contributed by atoms with van der Waals surface area (Å²) in [4.78, 5) is 13.4. The molecule has 2 N–H and O–H groups in total. The summed E-state index contributed by atoms with van der Waals surface area (Å²) in [5.74, 6) is -0.841. The average Bonchev–Trinajstić information content (AvgIpc) is 2.94. The summed E-state index contributed by atoms with van der Waals surface area (Å²) in [7, 11) is 1.27. The van der Waals surface area contributed by atoms with E-state index < -0.39 is 12.0 Å². The van der Waals surface area contributed by atoms with Gasteiger partial charge in [0, 0.05) is 25.2 Å². The summed E-state index contributed by atoms with van der Waals surface area (Å²) in [5, 5.41) is 0. The number of methoxy groups -OCH3 is 1. The Morgan fingerprint density at radius 1 is 1.47 bits per heavy atom. The Morgan fingerprint density at radius 2 is 2.16 bits per heavy atom. The second-order valence-electron chi connectivity index (χ2n) is 4.80. The van der Waals surface area contributed by atoms with Gasteiger partial charge in [-0.1, -0.05) is 6.07 Å². The van der Waals surface area contributed by atoms with Crippen molar-refractivity contribution < 1.29 is 13.9 Å². The van der Waals surface area contributed by atoms with E-state index in [1.807, 2.05) is 6.07 Å². The molecule has 1 fully saturated rings. The predicted molar refractivity (Wildman–Crippen MR) is 71.5 cm³/mol. The molecule has 0 aliphatic carbocycles. The van der Waals surface area contributed by atoms with Crippen molar-refractivity contribution in [2.24, 2.45) is 5.73 Å². The number of hydrogen-bond donors (Lipinski definition) is 1. The van der Waals surface area contributed by atoms with Crippen LogP contribution in [0.15, 0.2) is 18.2 Å². The third-order valence-corrected chi connectivity index (χ3v) is 3.45. The third kappa shape index (κ3) is 3.23. The minimum absolute atomic E-state index is 0.152. The maximum atomic E-state index is 14.0. The standard InChI is InChI=1S/C14H19FN2O2/c1-19-14(18)13(16)8-10-4-5-11(9-12(10)15)17-6-2-3-7-17/h4-5,9,13H,2-3,6-8,16H2,1H3. The monoisotopic (exact) mass is 266 g/mol. The number of esters is 1. The Kier molecular flexibility index (Phi) is 4.37. The molecule has 0 saturated carbocycles. The van der Waals surface area contributed by atoms with Gasteiger partial charge in [0.1, 0.15) is 11.9 Å². The molecule has 0 aromatic heterocycles. The minimum Gasteiger partial charge on any atom is -0.468 e. The zero-order valence-corrected chi connectivity index (χ0v) is 11.1. The van der Waals surface area contributed by atoms with Gasteiger partial charge in [-0.2, -0.15) is 0 Å². The first-order chi connectivity index (χ1) is 9.11. The van der Waals surface area contributed by atoms with E-state index in [2.05, 4.69) is 9.64 Å². The van der Waals surface area contributed by atoms with Crippen LogP contribution in [-0.4, -0.2) is 32.2 Å². The van der Waals surface area contributed by atoms with Crippen molar-refractivity contribution in [2.45, 2.75) is 25.3 Å². The quantitative estimate of drug-likeness (QED) is 0.838. The Bertz CT molecular complexity index is 459. The van der Waals surface area contributed by atoms with Crippen LogP contribution >= 0.6 is 0 Å². The average molecular weight is 266 g/mol. The molecule has 4 nitrogen and oxygen atoms in total. The lowest BCUT2D eigenvalue weighted by Crippen LogP contribution is -2.33. The van der Waals surface area contributed by atoms with Crippen molar-refractivity contribution in [1.29, 1.82) is 0 Å². The number of rotatable bonds is 4. The van der Waals surface area contributed by atoms with Crippen LogP contribution in [0.5, 0.6) is 0 Å². The zero-order chi connectivity index (χ0) is 13.8. The molecule has 1 aliphatic heterocycles. The van der Waals surface area contributed by atoms with Crippen LogP contribution in [0.25, 0.3) is 0 Å².